The van der Waals surface area contributed by atoms with Gasteiger partial charge in [-0.25, -0.2) is 0 Å². The van der Waals surface area contributed by atoms with Crippen molar-refractivity contribution in [3.05, 3.63) is 61.6 Å². The molecule has 0 saturated heterocycles. The van der Waals surface area contributed by atoms with Crippen LogP contribution >= 0.6 is 27.5 Å². The van der Waals surface area contributed by atoms with Crippen LogP contribution in [-0.4, -0.2) is 4.92 Å². The Labute approximate surface area is 134 Å². The van der Waals surface area contributed by atoms with Crippen molar-refractivity contribution < 1.29 is 9.66 Å². The van der Waals surface area contributed by atoms with E-state index in [9.17, 15) is 10.1 Å². The Kier molecular flexibility index (Phi) is 4.82. The zero-order chi connectivity index (χ0) is 15.6. The van der Waals surface area contributed by atoms with Gasteiger partial charge in [0.1, 0.15) is 5.75 Å². The average Bonchev–Trinajstić information content (AvgIpc) is 2.40. The molecule has 110 valence electrons. The lowest BCUT2D eigenvalue weighted by molar-refractivity contribution is -0.385. The largest absolute Gasteiger partial charge is 0.449 e. The molecule has 2 rings (SSSR count). The number of halogens is 2. The van der Waals surface area contributed by atoms with E-state index in [1.54, 1.807) is 12.1 Å². The lowest BCUT2D eigenvalue weighted by Crippen LogP contribution is -2.04. The molecule has 0 aliphatic rings. The van der Waals surface area contributed by atoms with Crippen molar-refractivity contribution in [3.63, 3.8) is 0 Å². The normalized spacial score (nSPS) is 12.0. The summed E-state index contributed by atoms with van der Waals surface area (Å²) in [4.78, 5) is 10.5. The van der Waals surface area contributed by atoms with Crippen LogP contribution in [-0.2, 0) is 0 Å². The summed E-state index contributed by atoms with van der Waals surface area (Å²) >= 11 is 9.23. The van der Waals surface area contributed by atoms with E-state index in [2.05, 4.69) is 15.9 Å². The van der Waals surface area contributed by atoms with E-state index < -0.39 is 4.92 Å². The predicted octanol–water partition coefficient (Wildman–Crippen LogP) is 4.82. The molecule has 0 bridgehead atoms. The van der Waals surface area contributed by atoms with Crippen LogP contribution in [0.1, 0.15) is 18.5 Å². The lowest BCUT2D eigenvalue weighted by atomic mass is 10.1. The highest BCUT2D eigenvalue weighted by Crippen LogP contribution is 2.37. The van der Waals surface area contributed by atoms with Crippen LogP contribution in [0.4, 0.5) is 5.69 Å². The molecule has 0 saturated carbocycles. The maximum Gasteiger partial charge on any atom is 0.311 e. The van der Waals surface area contributed by atoms with Gasteiger partial charge in [0, 0.05) is 23.2 Å². The standard InChI is InChI=1S/C14H12BrClN2O3/c1-8(17)9-2-5-13(11(15)6-9)21-14-7-10(16)3-4-12(14)18(19)20/h2-8H,17H2,1H3/t8-/m1/s1. The van der Waals surface area contributed by atoms with Crippen LogP contribution in [0.3, 0.4) is 0 Å². The Balaban J connectivity index is 2.38. The molecule has 0 unspecified atom stereocenters. The summed E-state index contributed by atoms with van der Waals surface area (Å²) in [6.07, 6.45) is 0. The van der Waals surface area contributed by atoms with E-state index in [0.717, 1.165) is 5.56 Å². The SMILES string of the molecule is C[C@@H](N)c1ccc(Oc2cc(Cl)ccc2[N+](=O)[O-])c(Br)c1. The number of hydrogen-bond acceptors (Lipinski definition) is 4. The molecule has 0 aliphatic carbocycles. The van der Waals surface area contributed by atoms with Crippen LogP contribution in [0.2, 0.25) is 5.02 Å². The first-order valence-corrected chi connectivity index (χ1v) is 7.22. The molecule has 2 N–H and O–H groups in total. The van der Waals surface area contributed by atoms with Crippen LogP contribution < -0.4 is 10.5 Å². The van der Waals surface area contributed by atoms with E-state index in [1.807, 2.05) is 13.0 Å². The van der Waals surface area contributed by atoms with E-state index >= 15 is 0 Å². The summed E-state index contributed by atoms with van der Waals surface area (Å²) in [7, 11) is 0. The highest BCUT2D eigenvalue weighted by Gasteiger charge is 2.17. The Bertz CT molecular complexity index is 692. The Morgan fingerprint density at radius 2 is 2.00 bits per heavy atom. The van der Waals surface area contributed by atoms with Crippen LogP contribution in [0.15, 0.2) is 40.9 Å². The fraction of sp³-hybridized carbons (Fsp3) is 0.143. The molecule has 0 spiro atoms. The molecule has 21 heavy (non-hydrogen) atoms. The van der Waals surface area contributed by atoms with Gasteiger partial charge in [0.2, 0.25) is 5.75 Å². The topological polar surface area (TPSA) is 78.4 Å². The molecule has 2 aromatic rings. The molecular weight excluding hydrogens is 360 g/mol. The molecule has 0 aromatic heterocycles. The maximum atomic E-state index is 11.0. The monoisotopic (exact) mass is 370 g/mol. The maximum absolute atomic E-state index is 11.0. The smallest absolute Gasteiger partial charge is 0.311 e. The van der Waals surface area contributed by atoms with Gasteiger partial charge in [0.15, 0.2) is 0 Å². The van der Waals surface area contributed by atoms with Crippen molar-refractivity contribution in [2.45, 2.75) is 13.0 Å². The van der Waals surface area contributed by atoms with Crippen LogP contribution in [0.25, 0.3) is 0 Å². The first kappa shape index (κ1) is 15.8. The Morgan fingerprint density at radius 3 is 2.57 bits per heavy atom. The third kappa shape index (κ3) is 3.72. The van der Waals surface area contributed by atoms with Crippen molar-refractivity contribution in [2.24, 2.45) is 5.73 Å². The number of hydrogen-bond donors (Lipinski definition) is 1. The van der Waals surface area contributed by atoms with Gasteiger partial charge >= 0.3 is 5.69 Å². The van der Waals surface area contributed by atoms with Crippen LogP contribution in [0, 0.1) is 10.1 Å². The average molecular weight is 372 g/mol. The molecule has 5 nitrogen and oxygen atoms in total. The van der Waals surface area contributed by atoms with Gasteiger partial charge < -0.3 is 10.5 Å². The van der Waals surface area contributed by atoms with Crippen molar-refractivity contribution in [1.82, 2.24) is 0 Å². The summed E-state index contributed by atoms with van der Waals surface area (Å²) in [5.41, 5.74) is 6.58. The van der Waals surface area contributed by atoms with Gasteiger partial charge in [-0.2, -0.15) is 0 Å². The molecule has 0 fully saturated rings. The number of ether oxygens (including phenoxy) is 1. The number of nitrogens with two attached hydrogens (primary N) is 1. The minimum absolute atomic E-state index is 0.0850. The zero-order valence-electron chi connectivity index (χ0n) is 11.0. The molecule has 0 amide bonds. The number of rotatable bonds is 4. The lowest BCUT2D eigenvalue weighted by Gasteiger charge is -2.11. The Morgan fingerprint density at radius 1 is 1.29 bits per heavy atom. The van der Waals surface area contributed by atoms with E-state index in [1.165, 1.54) is 18.2 Å². The highest BCUT2D eigenvalue weighted by atomic mass is 79.9. The van der Waals surface area contributed by atoms with E-state index in [-0.39, 0.29) is 17.5 Å². The second kappa shape index (κ2) is 6.43. The first-order valence-electron chi connectivity index (χ1n) is 6.05. The van der Waals surface area contributed by atoms with Gasteiger partial charge in [-0.05, 0) is 46.6 Å². The molecule has 0 aliphatic heterocycles. The molecule has 1 atom stereocenters. The number of nitrogens with zero attached hydrogens (tertiary/aromatic N) is 1. The number of benzene rings is 2. The zero-order valence-corrected chi connectivity index (χ0v) is 13.4. The molecule has 2 aromatic carbocycles. The molecule has 0 heterocycles. The van der Waals surface area contributed by atoms with Gasteiger partial charge in [-0.3, -0.25) is 10.1 Å². The second-order valence-electron chi connectivity index (χ2n) is 4.45. The summed E-state index contributed by atoms with van der Waals surface area (Å²) in [6, 6.07) is 9.37. The van der Waals surface area contributed by atoms with Crippen molar-refractivity contribution in [1.29, 1.82) is 0 Å². The van der Waals surface area contributed by atoms with Crippen LogP contribution in [0.5, 0.6) is 11.5 Å². The summed E-state index contributed by atoms with van der Waals surface area (Å²) in [6.45, 7) is 1.87. The van der Waals surface area contributed by atoms with Gasteiger partial charge in [0.05, 0.1) is 9.40 Å². The summed E-state index contributed by atoms with van der Waals surface area (Å²) < 4.78 is 6.26. The van der Waals surface area contributed by atoms with E-state index in [0.29, 0.717) is 15.2 Å². The van der Waals surface area contributed by atoms with Gasteiger partial charge in [0.25, 0.3) is 0 Å². The first-order chi connectivity index (χ1) is 9.88. The predicted molar refractivity (Wildman–Crippen MR) is 84.9 cm³/mol. The number of nitro benzene ring substituents is 1. The molecule has 7 heteroatoms. The van der Waals surface area contributed by atoms with Gasteiger partial charge in [-0.15, -0.1) is 0 Å². The Hall–Kier alpha value is -1.63. The minimum atomic E-state index is -0.518. The quantitative estimate of drug-likeness (QED) is 0.617. The fourth-order valence-corrected chi connectivity index (χ4v) is 2.36. The van der Waals surface area contributed by atoms with E-state index in [4.69, 9.17) is 22.1 Å². The minimum Gasteiger partial charge on any atom is -0.449 e. The third-order valence-corrected chi connectivity index (χ3v) is 3.67. The second-order valence-corrected chi connectivity index (χ2v) is 5.74. The van der Waals surface area contributed by atoms with Crippen molar-refractivity contribution in [3.8, 4) is 11.5 Å². The summed E-state index contributed by atoms with van der Waals surface area (Å²) in [5, 5.41) is 11.4. The molecule has 0 radical (unpaired) electrons. The molecular formula is C14H12BrClN2O3. The highest BCUT2D eigenvalue weighted by molar-refractivity contribution is 9.10. The fourth-order valence-electron chi connectivity index (χ4n) is 1.72. The van der Waals surface area contributed by atoms with Crippen molar-refractivity contribution in [2.75, 3.05) is 0 Å². The summed E-state index contributed by atoms with van der Waals surface area (Å²) in [5.74, 6) is 0.534. The van der Waals surface area contributed by atoms with Crippen molar-refractivity contribution >= 4 is 33.2 Å². The number of nitro groups is 1. The third-order valence-electron chi connectivity index (χ3n) is 2.82. The van der Waals surface area contributed by atoms with Gasteiger partial charge in [-0.1, -0.05) is 17.7 Å².